The van der Waals surface area contributed by atoms with Crippen LogP contribution in [0.3, 0.4) is 0 Å². The number of H-pyrrole nitrogens is 1. The third-order valence-corrected chi connectivity index (χ3v) is 3.86. The molecule has 1 fully saturated rings. The zero-order chi connectivity index (χ0) is 16.8. The second-order valence-corrected chi connectivity index (χ2v) is 6.23. The van der Waals surface area contributed by atoms with E-state index in [1.54, 1.807) is 0 Å². The van der Waals surface area contributed by atoms with E-state index >= 15 is 0 Å². The molecule has 24 heavy (non-hydrogen) atoms. The minimum absolute atomic E-state index is 0. The summed E-state index contributed by atoms with van der Waals surface area (Å²) in [5.41, 5.74) is 5.23. The lowest BCUT2D eigenvalue weighted by molar-refractivity contribution is -0.0424. The molecule has 0 aliphatic carbocycles. The van der Waals surface area contributed by atoms with Crippen molar-refractivity contribution in [2.45, 2.75) is 24.9 Å². The Morgan fingerprint density at radius 2 is 2.25 bits per heavy atom. The summed E-state index contributed by atoms with van der Waals surface area (Å²) < 4.78 is 22.0. The summed E-state index contributed by atoms with van der Waals surface area (Å²) in [5, 5.41) is 9.93. The summed E-state index contributed by atoms with van der Waals surface area (Å²) in [6.07, 6.45) is -1.26. The van der Waals surface area contributed by atoms with Crippen LogP contribution in [0, 0.1) is 0 Å². The van der Waals surface area contributed by atoms with Crippen molar-refractivity contribution in [1.29, 1.82) is 0 Å². The molecule has 13 nitrogen and oxygen atoms in total. The number of imidazole rings is 1. The maximum absolute atomic E-state index is 11.7. The van der Waals surface area contributed by atoms with Gasteiger partial charge in [-0.05, 0) is 0 Å². The number of phosphoric acid groups is 1. The highest BCUT2D eigenvalue weighted by Crippen LogP contribution is 2.38. The van der Waals surface area contributed by atoms with Crippen molar-refractivity contribution in [3.8, 4) is 0 Å². The van der Waals surface area contributed by atoms with Gasteiger partial charge in [-0.1, -0.05) is 0 Å². The summed E-state index contributed by atoms with van der Waals surface area (Å²) >= 11 is 0. The Labute approximate surface area is 134 Å². The topological polar surface area (TPSA) is 221 Å². The average molecular weight is 364 g/mol. The first kappa shape index (κ1) is 18.5. The van der Waals surface area contributed by atoms with Crippen LogP contribution in [0.5, 0.6) is 0 Å². The van der Waals surface area contributed by atoms with E-state index in [1.165, 1.54) is 10.9 Å². The molecule has 1 aliphatic heterocycles. The van der Waals surface area contributed by atoms with Crippen LogP contribution in [0.15, 0.2) is 11.1 Å². The summed E-state index contributed by atoms with van der Waals surface area (Å²) in [5.74, 6) is -0.0934. The Morgan fingerprint density at radius 1 is 1.54 bits per heavy atom. The number of nitrogens with two attached hydrogens (primary N) is 1. The molecule has 0 bridgehead atoms. The van der Waals surface area contributed by atoms with Crippen molar-refractivity contribution in [3.05, 3.63) is 16.7 Å². The second kappa shape index (κ2) is 6.57. The fraction of sp³-hybridized carbons (Fsp3) is 0.500. The first-order valence-corrected chi connectivity index (χ1v) is 8.03. The number of hydrogen-bond acceptors (Lipinski definition) is 9. The first-order chi connectivity index (χ1) is 10.7. The standard InChI is InChI=1S/C10H14N5O7P.H3N/c11-10-13-8-7(9(17)14-10)12-3-15(8)6-1-4(16)5(22-6)2-21-23(18,19)20;/h3-6,16H,1-2H2,(H2,18,19,20)(H3,11,13,14,17);1H3/t4-,5+,6+;/m0./s1. The largest absolute Gasteiger partial charge is 0.469 e. The van der Waals surface area contributed by atoms with Gasteiger partial charge in [0.15, 0.2) is 11.2 Å². The number of aliphatic hydroxyl groups is 1. The van der Waals surface area contributed by atoms with E-state index in [1.807, 2.05) is 0 Å². The van der Waals surface area contributed by atoms with Crippen LogP contribution in [0.25, 0.3) is 11.2 Å². The van der Waals surface area contributed by atoms with Crippen molar-refractivity contribution < 1.29 is 28.7 Å². The molecule has 0 aromatic carbocycles. The molecule has 1 saturated heterocycles. The van der Waals surface area contributed by atoms with Gasteiger partial charge < -0.3 is 31.5 Å². The molecule has 0 unspecified atom stereocenters. The molecule has 2 aromatic heterocycles. The van der Waals surface area contributed by atoms with E-state index < -0.39 is 38.4 Å². The van der Waals surface area contributed by atoms with Crippen LogP contribution in [-0.4, -0.2) is 53.2 Å². The lowest BCUT2D eigenvalue weighted by Crippen LogP contribution is -2.25. The molecular weight excluding hydrogens is 347 g/mol. The zero-order valence-corrected chi connectivity index (χ0v) is 13.2. The van der Waals surface area contributed by atoms with Crippen molar-refractivity contribution in [3.63, 3.8) is 0 Å². The maximum Gasteiger partial charge on any atom is 0.469 e. The van der Waals surface area contributed by atoms with Gasteiger partial charge in [0.1, 0.15) is 12.3 Å². The summed E-state index contributed by atoms with van der Waals surface area (Å²) in [6.45, 7) is -0.481. The number of anilines is 1. The zero-order valence-electron chi connectivity index (χ0n) is 12.3. The van der Waals surface area contributed by atoms with Gasteiger partial charge in [0.05, 0.1) is 19.0 Å². The van der Waals surface area contributed by atoms with Gasteiger partial charge in [-0.15, -0.1) is 0 Å². The van der Waals surface area contributed by atoms with E-state index in [4.69, 9.17) is 20.3 Å². The molecule has 2 aromatic rings. The molecule has 134 valence electrons. The highest BCUT2D eigenvalue weighted by molar-refractivity contribution is 7.46. The molecule has 3 rings (SSSR count). The van der Waals surface area contributed by atoms with Crippen molar-refractivity contribution in [2.75, 3.05) is 12.3 Å². The van der Waals surface area contributed by atoms with E-state index in [2.05, 4.69) is 19.5 Å². The summed E-state index contributed by atoms with van der Waals surface area (Å²) in [7, 11) is -4.66. The maximum atomic E-state index is 11.7. The number of ether oxygens (including phenoxy) is 1. The Balaban J connectivity index is 0.00000208. The number of aliphatic hydroxyl groups excluding tert-OH is 1. The molecule has 0 radical (unpaired) electrons. The van der Waals surface area contributed by atoms with E-state index in [9.17, 15) is 14.5 Å². The van der Waals surface area contributed by atoms with Crippen LogP contribution >= 0.6 is 7.82 Å². The number of hydrogen-bond donors (Lipinski definition) is 6. The predicted molar refractivity (Wildman–Crippen MR) is 80.1 cm³/mol. The normalized spacial score (nSPS) is 24.2. The molecule has 9 N–H and O–H groups in total. The number of nitrogens with zero attached hydrogens (tertiary/aromatic N) is 3. The number of nitrogens with one attached hydrogen (secondary N) is 1. The quantitative estimate of drug-likeness (QED) is 0.347. The van der Waals surface area contributed by atoms with Crippen molar-refractivity contribution in [2.24, 2.45) is 0 Å². The SMILES string of the molecule is N.Nc1nc2c(ncn2[C@H]2C[C@H](O)[C@@H](COP(=O)(O)O)O2)c(=O)[nH]1. The Bertz CT molecular complexity index is 831. The number of aromatic amines is 1. The Hall–Kier alpha value is -1.86. The third-order valence-electron chi connectivity index (χ3n) is 3.37. The average Bonchev–Trinajstić information content (AvgIpc) is 2.99. The van der Waals surface area contributed by atoms with E-state index in [0.717, 1.165) is 0 Å². The van der Waals surface area contributed by atoms with Gasteiger partial charge in [0.25, 0.3) is 5.56 Å². The number of rotatable bonds is 4. The van der Waals surface area contributed by atoms with Crippen LogP contribution in [0.4, 0.5) is 5.95 Å². The lowest BCUT2D eigenvalue weighted by Gasteiger charge is -2.16. The van der Waals surface area contributed by atoms with Gasteiger partial charge >= 0.3 is 7.82 Å². The van der Waals surface area contributed by atoms with Gasteiger partial charge in [0, 0.05) is 6.42 Å². The van der Waals surface area contributed by atoms with Crippen LogP contribution in [0.1, 0.15) is 12.6 Å². The minimum atomic E-state index is -4.66. The lowest BCUT2D eigenvalue weighted by atomic mass is 10.2. The van der Waals surface area contributed by atoms with Crippen LogP contribution in [0.2, 0.25) is 0 Å². The molecule has 0 saturated carbocycles. The molecule has 0 spiro atoms. The van der Waals surface area contributed by atoms with Crippen molar-refractivity contribution >= 4 is 24.9 Å². The number of aromatic nitrogens is 4. The summed E-state index contributed by atoms with van der Waals surface area (Å²) in [4.78, 5) is 39.3. The minimum Gasteiger partial charge on any atom is -0.390 e. The van der Waals surface area contributed by atoms with Crippen LogP contribution in [-0.2, 0) is 13.8 Å². The monoisotopic (exact) mass is 364 g/mol. The Kier molecular flexibility index (Phi) is 5.05. The fourth-order valence-corrected chi connectivity index (χ4v) is 2.70. The van der Waals surface area contributed by atoms with Gasteiger partial charge in [0.2, 0.25) is 5.95 Å². The van der Waals surface area contributed by atoms with E-state index in [0.29, 0.717) is 0 Å². The predicted octanol–water partition coefficient (Wildman–Crippen LogP) is -1.38. The second-order valence-electron chi connectivity index (χ2n) is 4.99. The number of phosphoric ester groups is 1. The molecule has 1 aliphatic rings. The van der Waals surface area contributed by atoms with Gasteiger partial charge in [-0.2, -0.15) is 4.98 Å². The molecular formula is C10H17N6O7P. The molecule has 0 amide bonds. The summed E-state index contributed by atoms with van der Waals surface area (Å²) in [6, 6.07) is 0. The van der Waals surface area contributed by atoms with Gasteiger partial charge in [-0.3, -0.25) is 18.9 Å². The Morgan fingerprint density at radius 3 is 2.92 bits per heavy atom. The first-order valence-electron chi connectivity index (χ1n) is 6.50. The van der Waals surface area contributed by atoms with Crippen LogP contribution < -0.4 is 17.4 Å². The highest BCUT2D eigenvalue weighted by Gasteiger charge is 2.37. The molecule has 14 heteroatoms. The number of nitrogen functional groups attached to an aromatic ring is 1. The van der Waals surface area contributed by atoms with Crippen molar-refractivity contribution in [1.82, 2.24) is 25.7 Å². The molecule has 3 heterocycles. The van der Waals surface area contributed by atoms with Gasteiger partial charge in [-0.25, -0.2) is 9.55 Å². The highest BCUT2D eigenvalue weighted by atomic mass is 31.2. The third kappa shape index (κ3) is 3.62. The van der Waals surface area contributed by atoms with E-state index in [-0.39, 0.29) is 29.7 Å². The number of fused-ring (bicyclic) bond motifs is 1. The molecule has 3 atom stereocenters. The fourth-order valence-electron chi connectivity index (χ4n) is 2.36. The smallest absolute Gasteiger partial charge is 0.390 e.